The molecule has 0 aliphatic rings. The molecule has 0 fully saturated rings. The summed E-state index contributed by atoms with van der Waals surface area (Å²) in [5.41, 5.74) is 0. The molecule has 2 aromatic rings. The number of guanidine groups is 1. The van der Waals surface area contributed by atoms with Gasteiger partial charge in [-0.2, -0.15) is 5.10 Å². The number of benzene rings is 1. The monoisotopic (exact) mass is 443 g/mol. The number of rotatable bonds is 8. The van der Waals surface area contributed by atoms with Crippen LogP contribution in [0.5, 0.6) is 5.75 Å². The van der Waals surface area contributed by atoms with Gasteiger partial charge in [-0.25, -0.2) is 0 Å². The second-order valence-corrected chi connectivity index (χ2v) is 5.37. The molecule has 1 unspecified atom stereocenters. The molecule has 0 radical (unpaired) electrons. The maximum Gasteiger partial charge on any atom is 0.191 e. The lowest BCUT2D eigenvalue weighted by molar-refractivity contribution is 0.321. The van der Waals surface area contributed by atoms with Gasteiger partial charge in [0.25, 0.3) is 0 Å². The van der Waals surface area contributed by atoms with Crippen LogP contribution in [0.15, 0.2) is 53.8 Å². The first-order valence-corrected chi connectivity index (χ1v) is 7.87. The Morgan fingerprint density at radius 1 is 1.25 bits per heavy atom. The number of nitrogens with one attached hydrogen (secondary N) is 2. The van der Waals surface area contributed by atoms with E-state index in [4.69, 9.17) is 4.74 Å². The molecule has 2 rings (SSSR count). The molecule has 0 bridgehead atoms. The van der Waals surface area contributed by atoms with E-state index >= 15 is 0 Å². The lowest BCUT2D eigenvalue weighted by Gasteiger charge is -2.16. The second kappa shape index (κ2) is 11.7. The van der Waals surface area contributed by atoms with Crippen LogP contribution in [0.1, 0.15) is 6.92 Å². The maximum absolute atomic E-state index is 5.64. The average molecular weight is 443 g/mol. The van der Waals surface area contributed by atoms with E-state index in [9.17, 15) is 0 Å². The van der Waals surface area contributed by atoms with Gasteiger partial charge in [0.05, 0.1) is 6.54 Å². The summed E-state index contributed by atoms with van der Waals surface area (Å²) >= 11 is 0. The van der Waals surface area contributed by atoms with Crippen molar-refractivity contribution >= 4 is 29.9 Å². The van der Waals surface area contributed by atoms with E-state index in [1.54, 1.807) is 13.2 Å². The van der Waals surface area contributed by atoms with Crippen LogP contribution in [-0.2, 0) is 6.54 Å². The minimum Gasteiger partial charge on any atom is -0.492 e. The Morgan fingerprint density at radius 3 is 2.71 bits per heavy atom. The van der Waals surface area contributed by atoms with Gasteiger partial charge in [0.2, 0.25) is 0 Å². The third-order valence-corrected chi connectivity index (χ3v) is 3.31. The minimum atomic E-state index is 0. The van der Waals surface area contributed by atoms with E-state index in [-0.39, 0.29) is 24.0 Å². The highest BCUT2D eigenvalue weighted by molar-refractivity contribution is 14.0. The normalized spacial score (nSPS) is 12.2. The van der Waals surface area contributed by atoms with Crippen LogP contribution in [0.25, 0.3) is 0 Å². The molecule has 0 spiro atoms. The zero-order valence-corrected chi connectivity index (χ0v) is 16.5. The first-order valence-electron chi connectivity index (χ1n) is 7.87. The quantitative estimate of drug-likeness (QED) is 0.285. The average Bonchev–Trinajstić information content (AvgIpc) is 3.08. The van der Waals surface area contributed by atoms with Crippen molar-refractivity contribution in [3.63, 3.8) is 0 Å². The van der Waals surface area contributed by atoms with Gasteiger partial charge in [-0.05, 0) is 24.1 Å². The highest BCUT2D eigenvalue weighted by Crippen LogP contribution is 2.07. The summed E-state index contributed by atoms with van der Waals surface area (Å²) in [4.78, 5) is 4.22. The molecule has 0 amide bonds. The van der Waals surface area contributed by atoms with Crippen molar-refractivity contribution in [3.8, 4) is 5.75 Å². The number of hydrogen-bond donors (Lipinski definition) is 2. The molecule has 24 heavy (non-hydrogen) atoms. The molecule has 1 aromatic heterocycles. The van der Waals surface area contributed by atoms with Crippen molar-refractivity contribution in [1.29, 1.82) is 0 Å². The molecule has 7 heteroatoms. The third-order valence-electron chi connectivity index (χ3n) is 3.31. The Kier molecular flexibility index (Phi) is 9.90. The van der Waals surface area contributed by atoms with Gasteiger partial charge in [0, 0.05) is 32.5 Å². The Morgan fingerprint density at radius 2 is 2.04 bits per heavy atom. The summed E-state index contributed by atoms with van der Waals surface area (Å²) in [6.45, 7) is 5.18. The van der Waals surface area contributed by atoms with Gasteiger partial charge in [0.15, 0.2) is 5.96 Å². The number of aromatic nitrogens is 2. The molecule has 0 saturated heterocycles. The molecular formula is C17H26IN5O. The molecular weight excluding hydrogens is 417 g/mol. The van der Waals surface area contributed by atoms with E-state index in [2.05, 4.69) is 27.6 Å². The Balaban J connectivity index is 0.00000288. The SMILES string of the molecule is CN=C(NCCOc1ccccc1)NCC(C)Cn1cccn1.I. The largest absolute Gasteiger partial charge is 0.492 e. The number of aliphatic imine (C=N–C) groups is 1. The molecule has 6 nitrogen and oxygen atoms in total. The summed E-state index contributed by atoms with van der Waals surface area (Å²) in [6.07, 6.45) is 3.78. The molecule has 0 saturated carbocycles. The second-order valence-electron chi connectivity index (χ2n) is 5.37. The predicted molar refractivity (Wildman–Crippen MR) is 108 cm³/mol. The minimum absolute atomic E-state index is 0. The van der Waals surface area contributed by atoms with Crippen LogP contribution < -0.4 is 15.4 Å². The number of nitrogens with zero attached hydrogens (tertiary/aromatic N) is 3. The van der Waals surface area contributed by atoms with Crippen LogP contribution in [0, 0.1) is 5.92 Å². The van der Waals surface area contributed by atoms with Gasteiger partial charge >= 0.3 is 0 Å². The molecule has 2 N–H and O–H groups in total. The first-order chi connectivity index (χ1) is 11.3. The van der Waals surface area contributed by atoms with E-state index in [1.165, 1.54) is 0 Å². The van der Waals surface area contributed by atoms with Crippen LogP contribution in [0.4, 0.5) is 0 Å². The van der Waals surface area contributed by atoms with E-state index in [1.807, 2.05) is 47.3 Å². The number of hydrogen-bond acceptors (Lipinski definition) is 3. The van der Waals surface area contributed by atoms with Gasteiger partial charge in [-0.15, -0.1) is 24.0 Å². The Labute approximate surface area is 160 Å². The van der Waals surface area contributed by atoms with Crippen molar-refractivity contribution in [1.82, 2.24) is 20.4 Å². The van der Waals surface area contributed by atoms with Gasteiger partial charge < -0.3 is 15.4 Å². The summed E-state index contributed by atoms with van der Waals surface area (Å²) < 4.78 is 7.58. The molecule has 1 atom stereocenters. The fourth-order valence-corrected chi connectivity index (χ4v) is 2.14. The lowest BCUT2D eigenvalue weighted by Crippen LogP contribution is -2.41. The standard InChI is InChI=1S/C17H25N5O.HI/c1-15(14-22-11-6-9-21-22)13-20-17(18-2)19-10-12-23-16-7-4-3-5-8-16;/h3-9,11,15H,10,12-14H2,1-2H3,(H2,18,19,20);1H. The summed E-state index contributed by atoms with van der Waals surface area (Å²) in [6, 6.07) is 11.7. The number of para-hydroxylation sites is 1. The predicted octanol–water partition coefficient (Wildman–Crippen LogP) is 2.38. The smallest absolute Gasteiger partial charge is 0.191 e. The Bertz CT molecular complexity index is 574. The zero-order valence-electron chi connectivity index (χ0n) is 14.2. The molecule has 132 valence electrons. The van der Waals surface area contributed by atoms with Crippen molar-refractivity contribution in [2.24, 2.45) is 10.9 Å². The van der Waals surface area contributed by atoms with Crippen molar-refractivity contribution < 1.29 is 4.74 Å². The maximum atomic E-state index is 5.64. The van der Waals surface area contributed by atoms with Crippen molar-refractivity contribution in [3.05, 3.63) is 48.8 Å². The van der Waals surface area contributed by atoms with E-state index in [0.29, 0.717) is 19.1 Å². The lowest BCUT2D eigenvalue weighted by atomic mass is 10.2. The van der Waals surface area contributed by atoms with Crippen molar-refractivity contribution in [2.75, 3.05) is 26.7 Å². The van der Waals surface area contributed by atoms with E-state index in [0.717, 1.165) is 24.8 Å². The van der Waals surface area contributed by atoms with Crippen LogP contribution in [0.3, 0.4) is 0 Å². The third kappa shape index (κ3) is 7.67. The fourth-order valence-electron chi connectivity index (χ4n) is 2.14. The van der Waals surface area contributed by atoms with Gasteiger partial charge in [-0.3, -0.25) is 9.67 Å². The van der Waals surface area contributed by atoms with Crippen molar-refractivity contribution in [2.45, 2.75) is 13.5 Å². The van der Waals surface area contributed by atoms with E-state index < -0.39 is 0 Å². The highest BCUT2D eigenvalue weighted by Gasteiger charge is 2.05. The summed E-state index contributed by atoms with van der Waals surface area (Å²) in [5.74, 6) is 2.12. The number of halogens is 1. The first kappa shape index (κ1) is 20.3. The Hall–Kier alpha value is -1.77. The van der Waals surface area contributed by atoms with Gasteiger partial charge in [0.1, 0.15) is 12.4 Å². The summed E-state index contributed by atoms with van der Waals surface area (Å²) in [7, 11) is 1.77. The fraction of sp³-hybridized carbons (Fsp3) is 0.412. The summed E-state index contributed by atoms with van der Waals surface area (Å²) in [5, 5.41) is 10.8. The van der Waals surface area contributed by atoms with Gasteiger partial charge in [-0.1, -0.05) is 25.1 Å². The molecule has 0 aliphatic carbocycles. The van der Waals surface area contributed by atoms with Crippen LogP contribution >= 0.6 is 24.0 Å². The van der Waals surface area contributed by atoms with Crippen LogP contribution in [-0.4, -0.2) is 42.5 Å². The molecule has 1 aromatic carbocycles. The molecule has 1 heterocycles. The molecule has 0 aliphatic heterocycles. The zero-order chi connectivity index (χ0) is 16.3. The van der Waals surface area contributed by atoms with Crippen LogP contribution in [0.2, 0.25) is 0 Å². The topological polar surface area (TPSA) is 63.5 Å². The number of ether oxygens (including phenoxy) is 1. The highest BCUT2D eigenvalue weighted by atomic mass is 127.